The number of carbonyl (C=O) groups excluding carboxylic acids is 1. The van der Waals surface area contributed by atoms with Crippen molar-refractivity contribution in [2.45, 2.75) is 6.92 Å². The van der Waals surface area contributed by atoms with Gasteiger partial charge in [0.05, 0.1) is 6.54 Å². The summed E-state index contributed by atoms with van der Waals surface area (Å²) in [5, 5.41) is 2.98. The van der Waals surface area contributed by atoms with Crippen LogP contribution >= 0.6 is 0 Å². The maximum Gasteiger partial charge on any atom is 0.238 e. The Morgan fingerprint density at radius 2 is 1.78 bits per heavy atom. The fourth-order valence-electron chi connectivity index (χ4n) is 2.67. The van der Waals surface area contributed by atoms with E-state index < -0.39 is 0 Å². The van der Waals surface area contributed by atoms with Gasteiger partial charge in [0.25, 0.3) is 0 Å². The Bertz CT molecular complexity index is 653. The highest BCUT2D eigenvalue weighted by Crippen LogP contribution is 2.13. The minimum Gasteiger partial charge on any atom is -0.338 e. The molecule has 3 rings (SSSR count). The van der Waals surface area contributed by atoms with E-state index in [1.54, 1.807) is 12.4 Å². The first kappa shape index (κ1) is 15.4. The first-order chi connectivity index (χ1) is 11.2. The Hall–Kier alpha value is -2.47. The summed E-state index contributed by atoms with van der Waals surface area (Å²) in [6.07, 6.45) is 3.51. The average Bonchev–Trinajstić information content (AvgIpc) is 2.58. The van der Waals surface area contributed by atoms with Crippen LogP contribution in [0.4, 0.5) is 11.6 Å². The maximum atomic E-state index is 12.2. The number of anilines is 2. The number of aryl methyl sites for hydroxylation is 1. The van der Waals surface area contributed by atoms with Gasteiger partial charge in [0.15, 0.2) is 0 Å². The van der Waals surface area contributed by atoms with Crippen molar-refractivity contribution in [2.75, 3.05) is 42.9 Å². The zero-order valence-electron chi connectivity index (χ0n) is 13.3. The Morgan fingerprint density at radius 3 is 2.48 bits per heavy atom. The van der Waals surface area contributed by atoms with E-state index in [0.29, 0.717) is 6.54 Å². The molecule has 1 N–H and O–H groups in total. The van der Waals surface area contributed by atoms with Gasteiger partial charge in [-0.05, 0) is 24.6 Å². The van der Waals surface area contributed by atoms with Crippen molar-refractivity contribution in [3.8, 4) is 0 Å². The normalized spacial score (nSPS) is 15.4. The van der Waals surface area contributed by atoms with Crippen LogP contribution in [0.5, 0.6) is 0 Å². The maximum absolute atomic E-state index is 12.2. The molecule has 6 nitrogen and oxygen atoms in total. The van der Waals surface area contributed by atoms with E-state index in [1.807, 2.05) is 37.3 Å². The van der Waals surface area contributed by atoms with E-state index in [1.165, 1.54) is 0 Å². The lowest BCUT2D eigenvalue weighted by molar-refractivity contribution is -0.117. The first-order valence-corrected chi connectivity index (χ1v) is 7.82. The molecular weight excluding hydrogens is 290 g/mol. The van der Waals surface area contributed by atoms with Crippen LogP contribution in [0, 0.1) is 6.92 Å². The molecule has 0 radical (unpaired) electrons. The Balaban J connectivity index is 1.49. The summed E-state index contributed by atoms with van der Waals surface area (Å²) in [4.78, 5) is 25.0. The highest BCUT2D eigenvalue weighted by atomic mass is 16.2. The fraction of sp³-hybridized carbons (Fsp3) is 0.353. The molecule has 1 saturated heterocycles. The summed E-state index contributed by atoms with van der Waals surface area (Å²) in [6.45, 7) is 5.74. The molecule has 1 aliphatic heterocycles. The lowest BCUT2D eigenvalue weighted by Crippen LogP contribution is -2.49. The van der Waals surface area contributed by atoms with Crippen LogP contribution in [-0.2, 0) is 4.79 Å². The van der Waals surface area contributed by atoms with Crippen molar-refractivity contribution in [3.63, 3.8) is 0 Å². The Morgan fingerprint density at radius 1 is 1.09 bits per heavy atom. The molecule has 0 aliphatic carbocycles. The molecule has 2 heterocycles. The van der Waals surface area contributed by atoms with Gasteiger partial charge in [-0.3, -0.25) is 9.69 Å². The number of nitrogens with zero attached hydrogens (tertiary/aromatic N) is 4. The summed E-state index contributed by atoms with van der Waals surface area (Å²) in [6, 6.07) is 9.64. The molecular formula is C17H21N5O. The predicted molar refractivity (Wildman–Crippen MR) is 90.5 cm³/mol. The first-order valence-electron chi connectivity index (χ1n) is 7.82. The molecule has 120 valence electrons. The van der Waals surface area contributed by atoms with Crippen LogP contribution in [-0.4, -0.2) is 53.5 Å². The number of aromatic nitrogens is 2. The minimum atomic E-state index is 0.0312. The topological polar surface area (TPSA) is 61.4 Å². The molecule has 1 aromatic carbocycles. The van der Waals surface area contributed by atoms with Gasteiger partial charge in [-0.2, -0.15) is 0 Å². The number of piperazine rings is 1. The summed E-state index contributed by atoms with van der Waals surface area (Å²) in [5.41, 5.74) is 1.96. The minimum absolute atomic E-state index is 0.0312. The molecule has 0 spiro atoms. The van der Waals surface area contributed by atoms with E-state index in [4.69, 9.17) is 0 Å². The van der Waals surface area contributed by atoms with Gasteiger partial charge in [-0.25, -0.2) is 9.97 Å². The lowest BCUT2D eigenvalue weighted by Gasteiger charge is -2.34. The molecule has 0 unspecified atom stereocenters. The fourth-order valence-corrected chi connectivity index (χ4v) is 2.67. The predicted octanol–water partition coefficient (Wildman–Crippen LogP) is 1.55. The Labute approximate surface area is 136 Å². The molecule has 0 saturated carbocycles. The summed E-state index contributed by atoms with van der Waals surface area (Å²) in [7, 11) is 0. The van der Waals surface area contributed by atoms with Gasteiger partial charge >= 0.3 is 0 Å². The van der Waals surface area contributed by atoms with Crippen molar-refractivity contribution in [1.82, 2.24) is 14.9 Å². The van der Waals surface area contributed by atoms with Crippen molar-refractivity contribution < 1.29 is 4.79 Å². The number of amides is 1. The molecule has 1 aromatic heterocycles. The quantitative estimate of drug-likeness (QED) is 0.928. The van der Waals surface area contributed by atoms with Gasteiger partial charge in [0.2, 0.25) is 11.9 Å². The second-order valence-corrected chi connectivity index (χ2v) is 5.68. The van der Waals surface area contributed by atoms with Crippen LogP contribution < -0.4 is 10.2 Å². The summed E-state index contributed by atoms with van der Waals surface area (Å²) in [5.74, 6) is 0.792. The second kappa shape index (κ2) is 7.19. The average molecular weight is 311 g/mol. The van der Waals surface area contributed by atoms with Crippen LogP contribution in [0.1, 0.15) is 5.56 Å². The molecule has 1 fully saturated rings. The summed E-state index contributed by atoms with van der Waals surface area (Å²) < 4.78 is 0. The highest BCUT2D eigenvalue weighted by molar-refractivity contribution is 5.92. The van der Waals surface area contributed by atoms with Crippen molar-refractivity contribution >= 4 is 17.5 Å². The van der Waals surface area contributed by atoms with Crippen LogP contribution in [0.15, 0.2) is 42.7 Å². The molecule has 0 bridgehead atoms. The van der Waals surface area contributed by atoms with Crippen molar-refractivity contribution in [2.24, 2.45) is 0 Å². The molecule has 2 aromatic rings. The number of benzene rings is 1. The number of para-hydroxylation sites is 1. The van der Waals surface area contributed by atoms with Gasteiger partial charge in [0.1, 0.15) is 0 Å². The van der Waals surface area contributed by atoms with Gasteiger partial charge in [-0.15, -0.1) is 0 Å². The Kier molecular flexibility index (Phi) is 4.83. The zero-order valence-corrected chi connectivity index (χ0v) is 13.3. The smallest absolute Gasteiger partial charge is 0.238 e. The molecule has 23 heavy (non-hydrogen) atoms. The molecule has 1 amide bonds. The third kappa shape index (κ3) is 4.04. The molecule has 1 aliphatic rings. The SMILES string of the molecule is Cc1ccccc1NC(=O)CN1CCN(c2ncccn2)CC1. The monoisotopic (exact) mass is 311 g/mol. The number of nitrogens with one attached hydrogen (secondary N) is 1. The van der Waals surface area contributed by atoms with E-state index in [2.05, 4.69) is 25.1 Å². The van der Waals surface area contributed by atoms with Gasteiger partial charge < -0.3 is 10.2 Å². The third-order valence-corrected chi connectivity index (χ3v) is 3.99. The zero-order chi connectivity index (χ0) is 16.1. The van der Waals surface area contributed by atoms with Gasteiger partial charge in [-0.1, -0.05) is 18.2 Å². The number of rotatable bonds is 4. The lowest BCUT2D eigenvalue weighted by atomic mass is 10.2. The second-order valence-electron chi connectivity index (χ2n) is 5.68. The molecule has 0 atom stereocenters. The van der Waals surface area contributed by atoms with Crippen molar-refractivity contribution in [1.29, 1.82) is 0 Å². The number of carbonyl (C=O) groups is 1. The van der Waals surface area contributed by atoms with E-state index in [-0.39, 0.29) is 5.91 Å². The molecule has 6 heteroatoms. The van der Waals surface area contributed by atoms with Crippen LogP contribution in [0.3, 0.4) is 0 Å². The highest BCUT2D eigenvalue weighted by Gasteiger charge is 2.20. The van der Waals surface area contributed by atoms with E-state index in [9.17, 15) is 4.79 Å². The van der Waals surface area contributed by atoms with E-state index in [0.717, 1.165) is 43.4 Å². The largest absolute Gasteiger partial charge is 0.338 e. The van der Waals surface area contributed by atoms with Crippen LogP contribution in [0.2, 0.25) is 0 Å². The number of hydrogen-bond acceptors (Lipinski definition) is 5. The number of hydrogen-bond donors (Lipinski definition) is 1. The standard InChI is InChI=1S/C17H21N5O/c1-14-5-2-3-6-15(14)20-16(23)13-21-9-11-22(12-10-21)17-18-7-4-8-19-17/h2-8H,9-13H2,1H3,(H,20,23). The third-order valence-electron chi connectivity index (χ3n) is 3.99. The van der Waals surface area contributed by atoms with Crippen molar-refractivity contribution in [3.05, 3.63) is 48.3 Å². The van der Waals surface area contributed by atoms with Crippen LogP contribution in [0.25, 0.3) is 0 Å². The van der Waals surface area contributed by atoms with Gasteiger partial charge in [0, 0.05) is 44.3 Å². The van der Waals surface area contributed by atoms with E-state index >= 15 is 0 Å². The summed E-state index contributed by atoms with van der Waals surface area (Å²) >= 11 is 0.